The molecular formula is C15H16N2O2S. The fourth-order valence-electron chi connectivity index (χ4n) is 2.29. The zero-order chi connectivity index (χ0) is 14.1. The van der Waals surface area contributed by atoms with E-state index in [0.717, 1.165) is 16.3 Å². The van der Waals surface area contributed by atoms with E-state index < -0.39 is 0 Å². The summed E-state index contributed by atoms with van der Waals surface area (Å²) in [6.45, 7) is 2.60. The minimum absolute atomic E-state index is 0.0487. The number of hydrogen-bond acceptors (Lipinski definition) is 4. The van der Waals surface area contributed by atoms with Crippen LogP contribution in [0.25, 0.3) is 0 Å². The Bertz CT molecular complexity index is 638. The highest BCUT2D eigenvalue weighted by atomic mass is 32.1. The van der Waals surface area contributed by atoms with Crippen molar-refractivity contribution in [2.24, 2.45) is 5.73 Å². The maximum absolute atomic E-state index is 12.1. The van der Waals surface area contributed by atoms with Crippen molar-refractivity contribution in [3.05, 3.63) is 46.2 Å². The van der Waals surface area contributed by atoms with Crippen LogP contribution in [0.1, 0.15) is 15.8 Å². The normalized spacial score (nSPS) is 15.7. The van der Waals surface area contributed by atoms with Gasteiger partial charge >= 0.3 is 0 Å². The van der Waals surface area contributed by atoms with Gasteiger partial charge in [0.05, 0.1) is 11.7 Å². The molecule has 2 heterocycles. The zero-order valence-electron chi connectivity index (χ0n) is 11.2. The standard InChI is InChI=1S/C15H16N2O2S/c1-10-6-7-14(20-10)11(16)8-17-12-4-2-3-5-13(12)19-9-15(17)18/h2-7,11H,8-9,16H2,1H3. The van der Waals surface area contributed by atoms with E-state index in [4.69, 9.17) is 10.5 Å². The summed E-state index contributed by atoms with van der Waals surface area (Å²) in [5.74, 6) is 0.689. The Balaban J connectivity index is 1.84. The summed E-state index contributed by atoms with van der Waals surface area (Å²) in [7, 11) is 0. The van der Waals surface area contributed by atoms with Gasteiger partial charge in [-0.25, -0.2) is 0 Å². The van der Waals surface area contributed by atoms with Crippen LogP contribution in [0, 0.1) is 6.92 Å². The van der Waals surface area contributed by atoms with Crippen molar-refractivity contribution in [3.8, 4) is 5.75 Å². The van der Waals surface area contributed by atoms with Crippen LogP contribution in [0.4, 0.5) is 5.69 Å². The lowest BCUT2D eigenvalue weighted by molar-refractivity contribution is -0.121. The molecule has 0 radical (unpaired) electrons. The van der Waals surface area contributed by atoms with Gasteiger partial charge in [0.15, 0.2) is 6.61 Å². The Labute approximate surface area is 121 Å². The number of hydrogen-bond donors (Lipinski definition) is 1. The van der Waals surface area contributed by atoms with Gasteiger partial charge in [-0.3, -0.25) is 4.79 Å². The van der Waals surface area contributed by atoms with Gasteiger partial charge in [-0.05, 0) is 31.2 Å². The summed E-state index contributed by atoms with van der Waals surface area (Å²) in [5.41, 5.74) is 7.03. The topological polar surface area (TPSA) is 55.6 Å². The monoisotopic (exact) mass is 288 g/mol. The molecule has 0 saturated carbocycles. The first-order valence-electron chi connectivity index (χ1n) is 6.49. The molecular weight excluding hydrogens is 272 g/mol. The number of aryl methyl sites for hydroxylation is 1. The first kappa shape index (κ1) is 13.1. The molecule has 2 aromatic rings. The van der Waals surface area contributed by atoms with Gasteiger partial charge < -0.3 is 15.4 Å². The molecule has 1 unspecified atom stereocenters. The summed E-state index contributed by atoms with van der Waals surface area (Å²) in [6.07, 6.45) is 0. The Morgan fingerprint density at radius 1 is 1.35 bits per heavy atom. The second kappa shape index (κ2) is 5.26. The van der Waals surface area contributed by atoms with Gasteiger partial charge in [-0.15, -0.1) is 11.3 Å². The number of nitrogens with zero attached hydrogens (tertiary/aromatic N) is 1. The van der Waals surface area contributed by atoms with E-state index in [1.165, 1.54) is 4.88 Å². The maximum atomic E-state index is 12.1. The molecule has 1 atom stereocenters. The highest BCUT2D eigenvalue weighted by Crippen LogP contribution is 2.33. The number of amides is 1. The second-order valence-corrected chi connectivity index (χ2v) is 6.14. The van der Waals surface area contributed by atoms with E-state index in [1.807, 2.05) is 30.3 Å². The maximum Gasteiger partial charge on any atom is 0.265 e. The SMILES string of the molecule is Cc1ccc(C(N)CN2C(=O)COc3ccccc32)s1. The molecule has 0 spiro atoms. The lowest BCUT2D eigenvalue weighted by Crippen LogP contribution is -2.42. The van der Waals surface area contributed by atoms with Crippen molar-refractivity contribution in [3.63, 3.8) is 0 Å². The molecule has 2 N–H and O–H groups in total. The van der Waals surface area contributed by atoms with Gasteiger partial charge in [-0.1, -0.05) is 12.1 Å². The Morgan fingerprint density at radius 2 is 2.15 bits per heavy atom. The van der Waals surface area contributed by atoms with Crippen molar-refractivity contribution in [1.29, 1.82) is 0 Å². The molecule has 1 aliphatic heterocycles. The number of carbonyl (C=O) groups is 1. The van der Waals surface area contributed by atoms with Crippen LogP contribution in [0.15, 0.2) is 36.4 Å². The molecule has 1 aromatic carbocycles. The molecule has 1 aliphatic rings. The van der Waals surface area contributed by atoms with Crippen LogP contribution < -0.4 is 15.4 Å². The summed E-state index contributed by atoms with van der Waals surface area (Å²) in [4.78, 5) is 16.1. The van der Waals surface area contributed by atoms with E-state index in [0.29, 0.717) is 6.54 Å². The van der Waals surface area contributed by atoms with Crippen LogP contribution >= 0.6 is 11.3 Å². The van der Waals surface area contributed by atoms with Crippen molar-refractivity contribution < 1.29 is 9.53 Å². The predicted octanol–water partition coefficient (Wildman–Crippen LogP) is 2.48. The minimum Gasteiger partial charge on any atom is -0.482 e. The lowest BCUT2D eigenvalue weighted by atomic mass is 10.2. The van der Waals surface area contributed by atoms with Crippen LogP contribution in [-0.2, 0) is 4.79 Å². The van der Waals surface area contributed by atoms with Gasteiger partial charge in [0.2, 0.25) is 0 Å². The van der Waals surface area contributed by atoms with Crippen LogP contribution in [0.2, 0.25) is 0 Å². The summed E-state index contributed by atoms with van der Waals surface area (Å²) < 4.78 is 5.43. The van der Waals surface area contributed by atoms with Gasteiger partial charge in [0, 0.05) is 16.3 Å². The van der Waals surface area contributed by atoms with E-state index in [1.54, 1.807) is 16.2 Å². The number of nitrogens with two attached hydrogens (primary N) is 1. The number of ether oxygens (including phenoxy) is 1. The third kappa shape index (κ3) is 2.42. The number of para-hydroxylation sites is 2. The van der Waals surface area contributed by atoms with Crippen LogP contribution in [0.3, 0.4) is 0 Å². The smallest absolute Gasteiger partial charge is 0.265 e. The van der Waals surface area contributed by atoms with Crippen molar-refractivity contribution in [2.75, 3.05) is 18.1 Å². The lowest BCUT2D eigenvalue weighted by Gasteiger charge is -2.31. The van der Waals surface area contributed by atoms with Crippen molar-refractivity contribution >= 4 is 22.9 Å². The first-order valence-corrected chi connectivity index (χ1v) is 7.31. The molecule has 3 rings (SSSR count). The quantitative estimate of drug-likeness (QED) is 0.944. The summed E-state index contributed by atoms with van der Waals surface area (Å²) in [6, 6.07) is 11.5. The Morgan fingerprint density at radius 3 is 2.90 bits per heavy atom. The number of fused-ring (bicyclic) bond motifs is 1. The summed E-state index contributed by atoms with van der Waals surface area (Å²) >= 11 is 1.67. The highest BCUT2D eigenvalue weighted by Gasteiger charge is 2.27. The summed E-state index contributed by atoms with van der Waals surface area (Å²) in [5, 5.41) is 0. The molecule has 1 amide bonds. The molecule has 1 aromatic heterocycles. The highest BCUT2D eigenvalue weighted by molar-refractivity contribution is 7.12. The van der Waals surface area contributed by atoms with E-state index >= 15 is 0 Å². The first-order chi connectivity index (χ1) is 9.65. The largest absolute Gasteiger partial charge is 0.482 e. The number of thiophene rings is 1. The molecule has 5 heteroatoms. The molecule has 0 fully saturated rings. The fraction of sp³-hybridized carbons (Fsp3) is 0.267. The zero-order valence-corrected chi connectivity index (χ0v) is 12.0. The predicted molar refractivity (Wildman–Crippen MR) is 80.3 cm³/mol. The number of benzene rings is 1. The average Bonchev–Trinajstić information content (AvgIpc) is 2.89. The number of carbonyl (C=O) groups excluding carboxylic acids is 1. The molecule has 104 valence electrons. The van der Waals surface area contributed by atoms with Gasteiger partial charge in [0.25, 0.3) is 5.91 Å². The van der Waals surface area contributed by atoms with E-state index in [2.05, 4.69) is 13.0 Å². The third-order valence-corrected chi connectivity index (χ3v) is 4.45. The number of rotatable bonds is 3. The van der Waals surface area contributed by atoms with Gasteiger partial charge in [-0.2, -0.15) is 0 Å². The Hall–Kier alpha value is -1.85. The number of anilines is 1. The minimum atomic E-state index is -0.177. The van der Waals surface area contributed by atoms with Crippen LogP contribution in [0.5, 0.6) is 5.75 Å². The molecule has 0 saturated heterocycles. The van der Waals surface area contributed by atoms with Crippen molar-refractivity contribution in [1.82, 2.24) is 0 Å². The van der Waals surface area contributed by atoms with Crippen molar-refractivity contribution in [2.45, 2.75) is 13.0 Å². The fourth-order valence-corrected chi connectivity index (χ4v) is 3.16. The third-order valence-electron chi connectivity index (χ3n) is 3.31. The molecule has 0 aliphatic carbocycles. The van der Waals surface area contributed by atoms with E-state index in [9.17, 15) is 4.79 Å². The second-order valence-electron chi connectivity index (χ2n) is 4.82. The van der Waals surface area contributed by atoms with Crippen LogP contribution in [-0.4, -0.2) is 19.1 Å². The van der Waals surface area contributed by atoms with Gasteiger partial charge in [0.1, 0.15) is 5.75 Å². The molecule has 20 heavy (non-hydrogen) atoms. The molecule has 4 nitrogen and oxygen atoms in total. The van der Waals surface area contributed by atoms with E-state index in [-0.39, 0.29) is 18.6 Å². The molecule has 0 bridgehead atoms. The average molecular weight is 288 g/mol. The Kier molecular flexibility index (Phi) is 3.46.